The number of sulfone groups is 1. The molecule has 1 aliphatic rings. The zero-order valence-corrected chi connectivity index (χ0v) is 17.2. The summed E-state index contributed by atoms with van der Waals surface area (Å²) in [5.41, 5.74) is 2.09. The minimum Gasteiger partial charge on any atom is -0.494 e. The van der Waals surface area contributed by atoms with Gasteiger partial charge in [-0.05, 0) is 48.5 Å². The quantitative estimate of drug-likeness (QED) is 0.626. The lowest BCUT2D eigenvalue weighted by molar-refractivity contribution is 0.386. The van der Waals surface area contributed by atoms with E-state index in [4.69, 9.17) is 4.74 Å². The van der Waals surface area contributed by atoms with E-state index < -0.39 is 15.7 Å². The van der Waals surface area contributed by atoms with Gasteiger partial charge in [0.25, 0.3) is 0 Å². The largest absolute Gasteiger partial charge is 0.494 e. The molecule has 0 atom stereocenters. The predicted molar refractivity (Wildman–Crippen MR) is 111 cm³/mol. The SMILES string of the molecule is COc1ccc(C2=NCN(c3ccc(S(=O)(=O)c4nccn4C)cc3)C=C2)cc1F. The van der Waals surface area contributed by atoms with Crippen molar-refractivity contribution < 1.29 is 17.5 Å². The van der Waals surface area contributed by atoms with E-state index in [1.54, 1.807) is 55.7 Å². The van der Waals surface area contributed by atoms with Crippen LogP contribution in [0.1, 0.15) is 5.56 Å². The van der Waals surface area contributed by atoms with Gasteiger partial charge in [-0.25, -0.2) is 17.8 Å². The van der Waals surface area contributed by atoms with E-state index in [1.165, 1.54) is 23.9 Å². The van der Waals surface area contributed by atoms with Crippen molar-refractivity contribution in [1.82, 2.24) is 9.55 Å². The van der Waals surface area contributed by atoms with Gasteiger partial charge in [0.15, 0.2) is 11.6 Å². The molecule has 154 valence electrons. The van der Waals surface area contributed by atoms with Crippen molar-refractivity contribution in [3.05, 3.63) is 78.5 Å². The van der Waals surface area contributed by atoms with Crippen LogP contribution in [0.15, 0.2) is 82.2 Å². The fourth-order valence-electron chi connectivity index (χ4n) is 3.13. The van der Waals surface area contributed by atoms with Crippen LogP contribution in [0.4, 0.5) is 10.1 Å². The van der Waals surface area contributed by atoms with Gasteiger partial charge in [0.1, 0.15) is 6.67 Å². The molecular weight excluding hydrogens is 407 g/mol. The molecule has 0 fully saturated rings. The minimum atomic E-state index is -3.69. The first-order chi connectivity index (χ1) is 14.4. The van der Waals surface area contributed by atoms with Crippen LogP contribution >= 0.6 is 0 Å². The number of halogens is 1. The Morgan fingerprint density at radius 3 is 2.47 bits per heavy atom. The molecule has 30 heavy (non-hydrogen) atoms. The number of rotatable bonds is 5. The molecule has 0 amide bonds. The minimum absolute atomic E-state index is 0.00548. The van der Waals surface area contributed by atoms with Gasteiger partial charge < -0.3 is 14.2 Å². The Morgan fingerprint density at radius 2 is 1.90 bits per heavy atom. The van der Waals surface area contributed by atoms with Crippen molar-refractivity contribution in [1.29, 1.82) is 0 Å². The summed E-state index contributed by atoms with van der Waals surface area (Å²) in [4.78, 5) is 10.5. The van der Waals surface area contributed by atoms with E-state index in [-0.39, 0.29) is 15.8 Å². The third-order valence-corrected chi connectivity index (χ3v) is 6.52. The summed E-state index contributed by atoms with van der Waals surface area (Å²) in [5, 5.41) is -0.00548. The van der Waals surface area contributed by atoms with Gasteiger partial charge in [0.05, 0.1) is 17.7 Å². The molecular formula is C21H19FN4O3S. The summed E-state index contributed by atoms with van der Waals surface area (Å²) in [5.74, 6) is -0.264. The zero-order valence-electron chi connectivity index (χ0n) is 16.4. The van der Waals surface area contributed by atoms with Gasteiger partial charge in [-0.15, -0.1) is 0 Å². The summed E-state index contributed by atoms with van der Waals surface area (Å²) in [6.45, 7) is 0.324. The van der Waals surface area contributed by atoms with Crippen LogP contribution in [0.2, 0.25) is 0 Å². The Morgan fingerprint density at radius 1 is 1.13 bits per heavy atom. The molecule has 1 aliphatic heterocycles. The van der Waals surface area contributed by atoms with Crippen LogP contribution in [0, 0.1) is 5.82 Å². The number of allylic oxidation sites excluding steroid dienone is 1. The third-order valence-electron chi connectivity index (χ3n) is 4.75. The zero-order chi connectivity index (χ0) is 21.3. The van der Waals surface area contributed by atoms with Gasteiger partial charge in [0.2, 0.25) is 15.0 Å². The fourth-order valence-corrected chi connectivity index (χ4v) is 4.47. The first-order valence-corrected chi connectivity index (χ1v) is 10.5. The van der Waals surface area contributed by atoms with Gasteiger partial charge in [-0.2, -0.15) is 0 Å². The molecule has 2 heterocycles. The smallest absolute Gasteiger partial charge is 0.240 e. The van der Waals surface area contributed by atoms with Crippen molar-refractivity contribution in [3.8, 4) is 5.75 Å². The number of imidazole rings is 1. The molecule has 0 spiro atoms. The Hall–Kier alpha value is -3.46. The number of hydrogen-bond acceptors (Lipinski definition) is 6. The molecule has 0 radical (unpaired) electrons. The number of aliphatic imine (C=N–C) groups is 1. The summed E-state index contributed by atoms with van der Waals surface area (Å²) in [6.07, 6.45) is 6.64. The average Bonchev–Trinajstić information content (AvgIpc) is 3.21. The Kier molecular flexibility index (Phi) is 5.13. The number of anilines is 1. The molecule has 0 saturated carbocycles. The number of aromatic nitrogens is 2. The second-order valence-corrected chi connectivity index (χ2v) is 8.48. The fraction of sp³-hybridized carbons (Fsp3) is 0.143. The lowest BCUT2D eigenvalue weighted by atomic mass is 10.1. The van der Waals surface area contributed by atoms with E-state index >= 15 is 0 Å². The van der Waals surface area contributed by atoms with Crippen molar-refractivity contribution in [2.24, 2.45) is 12.0 Å². The summed E-state index contributed by atoms with van der Waals surface area (Å²) in [6, 6.07) is 11.2. The molecule has 9 heteroatoms. The van der Waals surface area contributed by atoms with Gasteiger partial charge >= 0.3 is 0 Å². The number of aryl methyl sites for hydroxylation is 1. The molecule has 0 saturated heterocycles. The Bertz CT molecular complexity index is 1250. The molecule has 0 unspecified atom stereocenters. The highest BCUT2D eigenvalue weighted by Gasteiger charge is 2.22. The van der Waals surface area contributed by atoms with E-state index in [1.807, 2.05) is 11.1 Å². The third kappa shape index (κ3) is 3.59. The molecule has 0 bridgehead atoms. The second-order valence-electron chi connectivity index (χ2n) is 6.64. The Balaban J connectivity index is 1.51. The van der Waals surface area contributed by atoms with Crippen LogP contribution in [0.25, 0.3) is 0 Å². The van der Waals surface area contributed by atoms with Gasteiger partial charge in [0, 0.05) is 36.9 Å². The maximum atomic E-state index is 13.9. The standard InChI is InChI=1S/C21H19FN4O3S/c1-25-12-10-23-21(25)30(27,28)17-6-4-16(5-7-17)26-11-9-19(24-14-26)15-3-8-20(29-2)18(22)13-15/h3-13H,14H2,1-2H3. The second kappa shape index (κ2) is 7.75. The number of ether oxygens (including phenoxy) is 1. The molecule has 2 aromatic carbocycles. The van der Waals surface area contributed by atoms with E-state index in [9.17, 15) is 12.8 Å². The molecule has 1 aromatic heterocycles. The van der Waals surface area contributed by atoms with Gasteiger partial charge in [-0.1, -0.05) is 0 Å². The lowest BCUT2D eigenvalue weighted by Gasteiger charge is -2.22. The highest BCUT2D eigenvalue weighted by molar-refractivity contribution is 7.91. The average molecular weight is 426 g/mol. The van der Waals surface area contributed by atoms with E-state index in [0.29, 0.717) is 17.9 Å². The van der Waals surface area contributed by atoms with Crippen LogP contribution in [0.5, 0.6) is 5.75 Å². The molecule has 7 nitrogen and oxygen atoms in total. The van der Waals surface area contributed by atoms with Crippen molar-refractivity contribution in [2.45, 2.75) is 10.1 Å². The van der Waals surface area contributed by atoms with E-state index in [0.717, 1.165) is 5.69 Å². The predicted octanol–water partition coefficient (Wildman–Crippen LogP) is 3.18. The van der Waals surface area contributed by atoms with Crippen molar-refractivity contribution in [2.75, 3.05) is 18.7 Å². The maximum absolute atomic E-state index is 13.9. The van der Waals surface area contributed by atoms with Crippen molar-refractivity contribution in [3.63, 3.8) is 0 Å². The van der Waals surface area contributed by atoms with Gasteiger partial charge in [-0.3, -0.25) is 4.99 Å². The molecule has 0 N–H and O–H groups in total. The van der Waals surface area contributed by atoms with Crippen LogP contribution in [-0.4, -0.2) is 37.5 Å². The maximum Gasteiger partial charge on any atom is 0.240 e. The topological polar surface area (TPSA) is 76.8 Å². The normalized spacial score (nSPS) is 14.0. The number of hydrogen-bond donors (Lipinski definition) is 0. The van der Waals surface area contributed by atoms with Crippen LogP contribution in [0.3, 0.4) is 0 Å². The number of nitrogens with zero attached hydrogens (tertiary/aromatic N) is 4. The first-order valence-electron chi connectivity index (χ1n) is 9.06. The molecule has 0 aliphatic carbocycles. The summed E-state index contributed by atoms with van der Waals surface area (Å²) < 4.78 is 45.8. The van der Waals surface area contributed by atoms with Crippen LogP contribution in [-0.2, 0) is 16.9 Å². The molecule has 3 aromatic rings. The summed E-state index contributed by atoms with van der Waals surface area (Å²) >= 11 is 0. The molecule has 4 rings (SSSR count). The number of methoxy groups -OCH3 is 1. The van der Waals surface area contributed by atoms with Crippen LogP contribution < -0.4 is 9.64 Å². The number of benzene rings is 2. The highest BCUT2D eigenvalue weighted by Crippen LogP contribution is 2.25. The first kappa shape index (κ1) is 19.8. The van der Waals surface area contributed by atoms with Crippen molar-refractivity contribution >= 4 is 21.2 Å². The van der Waals surface area contributed by atoms with E-state index in [2.05, 4.69) is 9.98 Å². The Labute approximate surface area is 173 Å². The monoisotopic (exact) mass is 426 g/mol. The highest BCUT2D eigenvalue weighted by atomic mass is 32.2. The lowest BCUT2D eigenvalue weighted by Crippen LogP contribution is -2.21. The summed E-state index contributed by atoms with van der Waals surface area (Å²) in [7, 11) is -0.633.